The normalized spacial score (nSPS) is 11.0. The average molecular weight is 581 g/mol. The molecule has 0 spiro atoms. The average Bonchev–Trinajstić information content (AvgIpc) is 2.98. The summed E-state index contributed by atoms with van der Waals surface area (Å²) in [4.78, 5) is 50.3. The SMILES string of the molecule is Cc1ccc(NC(=O)CSc2ccc(NC(=O)/C(=C/c3ccccc3[N+](=O)[O-])NC(=O)c3ccccc3)cc2)c(C)c1. The van der Waals surface area contributed by atoms with Crippen LogP contribution in [0.2, 0.25) is 0 Å². The third kappa shape index (κ3) is 8.15. The van der Waals surface area contributed by atoms with Crippen LogP contribution in [0.5, 0.6) is 0 Å². The number of amides is 3. The Labute approximate surface area is 247 Å². The van der Waals surface area contributed by atoms with Crippen LogP contribution in [-0.4, -0.2) is 28.4 Å². The zero-order chi connectivity index (χ0) is 30.1. The number of anilines is 2. The molecule has 0 aliphatic carbocycles. The van der Waals surface area contributed by atoms with Crippen molar-refractivity contribution in [1.82, 2.24) is 5.32 Å². The van der Waals surface area contributed by atoms with E-state index in [2.05, 4.69) is 16.0 Å². The molecule has 42 heavy (non-hydrogen) atoms. The molecular weight excluding hydrogens is 552 g/mol. The molecule has 4 aromatic carbocycles. The second-order valence-corrected chi connectivity index (χ2v) is 10.4. The van der Waals surface area contributed by atoms with Gasteiger partial charge in [0.2, 0.25) is 5.91 Å². The minimum atomic E-state index is -0.661. The molecule has 10 heteroatoms. The maximum absolute atomic E-state index is 13.3. The van der Waals surface area contributed by atoms with Crippen molar-refractivity contribution in [2.45, 2.75) is 18.7 Å². The quantitative estimate of drug-likeness (QED) is 0.0867. The number of hydrogen-bond donors (Lipinski definition) is 3. The summed E-state index contributed by atoms with van der Waals surface area (Å²) in [5.41, 5.74) is 3.42. The van der Waals surface area contributed by atoms with E-state index >= 15 is 0 Å². The molecule has 4 aromatic rings. The van der Waals surface area contributed by atoms with Gasteiger partial charge in [0.1, 0.15) is 5.70 Å². The molecule has 0 unspecified atom stereocenters. The van der Waals surface area contributed by atoms with Gasteiger partial charge in [-0.1, -0.05) is 48.0 Å². The van der Waals surface area contributed by atoms with Gasteiger partial charge in [0.05, 0.1) is 16.2 Å². The molecule has 0 heterocycles. The fourth-order valence-corrected chi connectivity index (χ4v) is 4.69. The van der Waals surface area contributed by atoms with E-state index in [1.165, 1.54) is 36.0 Å². The number of thioether (sulfide) groups is 1. The molecule has 0 atom stereocenters. The van der Waals surface area contributed by atoms with Crippen LogP contribution in [-0.2, 0) is 9.59 Å². The van der Waals surface area contributed by atoms with Gasteiger partial charge in [-0.3, -0.25) is 24.5 Å². The van der Waals surface area contributed by atoms with Crippen LogP contribution in [0, 0.1) is 24.0 Å². The largest absolute Gasteiger partial charge is 0.325 e. The van der Waals surface area contributed by atoms with Crippen molar-refractivity contribution in [2.75, 3.05) is 16.4 Å². The van der Waals surface area contributed by atoms with E-state index in [0.29, 0.717) is 11.3 Å². The molecule has 0 radical (unpaired) electrons. The van der Waals surface area contributed by atoms with E-state index in [1.54, 1.807) is 60.7 Å². The highest BCUT2D eigenvalue weighted by Gasteiger charge is 2.18. The van der Waals surface area contributed by atoms with Gasteiger partial charge in [0.25, 0.3) is 17.5 Å². The summed E-state index contributed by atoms with van der Waals surface area (Å²) in [5.74, 6) is -1.14. The Bertz CT molecular complexity index is 1650. The van der Waals surface area contributed by atoms with Crippen LogP contribution in [0.1, 0.15) is 27.0 Å². The maximum atomic E-state index is 13.3. The predicted octanol–water partition coefficient (Wildman–Crippen LogP) is 6.35. The summed E-state index contributed by atoms with van der Waals surface area (Å²) in [6, 6.07) is 26.9. The first-order valence-electron chi connectivity index (χ1n) is 12.9. The van der Waals surface area contributed by atoms with Crippen LogP contribution in [0.4, 0.5) is 17.1 Å². The van der Waals surface area contributed by atoms with Crippen LogP contribution in [0.15, 0.2) is 108 Å². The lowest BCUT2D eigenvalue weighted by Crippen LogP contribution is -2.30. The van der Waals surface area contributed by atoms with E-state index in [4.69, 9.17) is 0 Å². The lowest BCUT2D eigenvalue weighted by molar-refractivity contribution is -0.385. The van der Waals surface area contributed by atoms with Crippen molar-refractivity contribution in [3.8, 4) is 0 Å². The summed E-state index contributed by atoms with van der Waals surface area (Å²) in [6.45, 7) is 3.94. The number of carbonyl (C=O) groups is 3. The van der Waals surface area contributed by atoms with Gasteiger partial charge < -0.3 is 16.0 Å². The topological polar surface area (TPSA) is 130 Å². The molecule has 0 aliphatic heterocycles. The van der Waals surface area contributed by atoms with E-state index in [-0.39, 0.29) is 28.6 Å². The Hall–Kier alpha value is -5.22. The zero-order valence-electron chi connectivity index (χ0n) is 22.9. The number of nitrogens with one attached hydrogen (secondary N) is 3. The standard InChI is InChI=1S/C32H28N4O5S/c1-21-12-17-27(22(2)18-21)34-30(37)20-42-26-15-13-25(14-16-26)33-32(39)28(35-31(38)23-8-4-3-5-9-23)19-24-10-6-7-11-29(24)36(40)41/h3-19H,20H2,1-2H3,(H,33,39)(H,34,37)(H,35,38)/b28-19-. The monoisotopic (exact) mass is 580 g/mol. The predicted molar refractivity (Wildman–Crippen MR) is 165 cm³/mol. The fraction of sp³-hybridized carbons (Fsp3) is 0.0938. The molecule has 9 nitrogen and oxygen atoms in total. The Balaban J connectivity index is 1.45. The molecule has 0 saturated heterocycles. The van der Waals surface area contributed by atoms with Gasteiger partial charge in [-0.15, -0.1) is 11.8 Å². The van der Waals surface area contributed by atoms with E-state index < -0.39 is 16.7 Å². The highest BCUT2D eigenvalue weighted by Crippen LogP contribution is 2.23. The summed E-state index contributed by atoms with van der Waals surface area (Å²) in [7, 11) is 0. The van der Waals surface area contributed by atoms with Crippen molar-refractivity contribution in [3.05, 3.63) is 135 Å². The molecule has 0 fully saturated rings. The van der Waals surface area contributed by atoms with Crippen LogP contribution >= 0.6 is 11.8 Å². The van der Waals surface area contributed by atoms with Gasteiger partial charge in [-0.25, -0.2) is 0 Å². The Morgan fingerprint density at radius 3 is 2.24 bits per heavy atom. The minimum absolute atomic E-state index is 0.136. The van der Waals surface area contributed by atoms with Gasteiger partial charge in [0.15, 0.2) is 0 Å². The molecule has 3 N–H and O–H groups in total. The van der Waals surface area contributed by atoms with Gasteiger partial charge in [-0.05, 0) is 74.0 Å². The number of benzene rings is 4. The molecule has 212 valence electrons. The van der Waals surface area contributed by atoms with Crippen LogP contribution in [0.25, 0.3) is 6.08 Å². The second kappa shape index (κ2) is 13.9. The number of nitro groups is 1. The number of rotatable bonds is 10. The Morgan fingerprint density at radius 2 is 1.55 bits per heavy atom. The second-order valence-electron chi connectivity index (χ2n) is 9.33. The minimum Gasteiger partial charge on any atom is -0.325 e. The smallest absolute Gasteiger partial charge is 0.276 e. The van der Waals surface area contributed by atoms with Gasteiger partial charge in [-0.2, -0.15) is 0 Å². The highest BCUT2D eigenvalue weighted by molar-refractivity contribution is 8.00. The van der Waals surface area contributed by atoms with Gasteiger partial charge in [0, 0.05) is 27.9 Å². The molecular formula is C32H28N4O5S. The summed E-state index contributed by atoms with van der Waals surface area (Å²) in [6.07, 6.45) is 1.27. The van der Waals surface area contributed by atoms with Crippen molar-refractivity contribution in [1.29, 1.82) is 0 Å². The first-order chi connectivity index (χ1) is 20.2. The summed E-state index contributed by atoms with van der Waals surface area (Å²) < 4.78 is 0. The molecule has 4 rings (SSSR count). The van der Waals surface area contributed by atoms with Crippen molar-refractivity contribution < 1.29 is 19.3 Å². The van der Waals surface area contributed by atoms with Gasteiger partial charge >= 0.3 is 0 Å². The molecule has 3 amide bonds. The summed E-state index contributed by atoms with van der Waals surface area (Å²) in [5, 5.41) is 19.7. The third-order valence-electron chi connectivity index (χ3n) is 6.10. The van der Waals surface area contributed by atoms with E-state index in [1.807, 2.05) is 32.0 Å². The number of hydrogen-bond acceptors (Lipinski definition) is 6. The lowest BCUT2D eigenvalue weighted by atomic mass is 10.1. The molecule has 0 aromatic heterocycles. The number of para-hydroxylation sites is 1. The number of nitro benzene ring substituents is 1. The van der Waals surface area contributed by atoms with Crippen LogP contribution < -0.4 is 16.0 Å². The zero-order valence-corrected chi connectivity index (χ0v) is 23.7. The van der Waals surface area contributed by atoms with Crippen molar-refractivity contribution in [3.63, 3.8) is 0 Å². The fourth-order valence-electron chi connectivity index (χ4n) is 4.00. The number of carbonyl (C=O) groups excluding carboxylic acids is 3. The third-order valence-corrected chi connectivity index (χ3v) is 7.11. The summed E-state index contributed by atoms with van der Waals surface area (Å²) >= 11 is 1.35. The first kappa shape index (κ1) is 29.8. The van der Waals surface area contributed by atoms with E-state index in [0.717, 1.165) is 21.7 Å². The lowest BCUT2D eigenvalue weighted by Gasteiger charge is -2.12. The van der Waals surface area contributed by atoms with Crippen molar-refractivity contribution in [2.24, 2.45) is 0 Å². The van der Waals surface area contributed by atoms with Crippen LogP contribution in [0.3, 0.4) is 0 Å². The molecule has 0 bridgehead atoms. The number of aryl methyl sites for hydroxylation is 2. The first-order valence-corrected chi connectivity index (χ1v) is 13.9. The highest BCUT2D eigenvalue weighted by atomic mass is 32.2. The number of nitrogens with zero attached hydrogens (tertiary/aromatic N) is 1. The maximum Gasteiger partial charge on any atom is 0.276 e. The Kier molecular flexibility index (Phi) is 9.85. The molecule has 0 saturated carbocycles. The van der Waals surface area contributed by atoms with E-state index in [9.17, 15) is 24.5 Å². The Morgan fingerprint density at radius 1 is 0.857 bits per heavy atom. The molecule has 0 aliphatic rings. The van der Waals surface area contributed by atoms with Crippen molar-refractivity contribution >= 4 is 52.6 Å².